The van der Waals surface area contributed by atoms with Crippen molar-refractivity contribution in [2.75, 3.05) is 26.2 Å². The third-order valence-electron chi connectivity index (χ3n) is 5.18. The monoisotopic (exact) mass is 498 g/mol. The van der Waals surface area contributed by atoms with E-state index in [-0.39, 0.29) is 30.7 Å². The molecule has 32 heavy (non-hydrogen) atoms. The average molecular weight is 500 g/mol. The van der Waals surface area contributed by atoms with E-state index in [4.69, 9.17) is 27.9 Å². The lowest BCUT2D eigenvalue weighted by Gasteiger charge is -2.33. The Morgan fingerprint density at radius 2 is 2.00 bits per heavy atom. The molecule has 11 heteroatoms. The summed E-state index contributed by atoms with van der Waals surface area (Å²) in [5, 5.41) is 10.8. The van der Waals surface area contributed by atoms with Crippen molar-refractivity contribution in [2.24, 2.45) is 0 Å². The number of aromatic nitrogens is 2. The maximum atomic E-state index is 12.9. The normalized spacial score (nSPS) is 18.4. The second kappa shape index (κ2) is 10.5. The second-order valence-corrected chi connectivity index (χ2v) is 7.99. The summed E-state index contributed by atoms with van der Waals surface area (Å²) < 4.78 is 10.7. The van der Waals surface area contributed by atoms with E-state index in [2.05, 4.69) is 25.3 Å². The number of hydrogen-bond acceptors (Lipinski definition) is 6. The van der Waals surface area contributed by atoms with E-state index in [1.807, 2.05) is 6.07 Å². The first-order valence-electron chi connectivity index (χ1n) is 9.72. The van der Waals surface area contributed by atoms with E-state index in [1.165, 1.54) is 0 Å². The Morgan fingerprint density at radius 1 is 1.16 bits per heavy atom. The summed E-state index contributed by atoms with van der Waals surface area (Å²) in [6.45, 7) is 2.18. The van der Waals surface area contributed by atoms with Gasteiger partial charge in [0, 0.05) is 17.7 Å². The number of benzene rings is 2. The number of nitrogens with zero attached hydrogens (tertiary/aromatic N) is 1. The molecule has 0 bridgehead atoms. The quantitative estimate of drug-likeness (QED) is 0.496. The van der Waals surface area contributed by atoms with Crippen LogP contribution in [0, 0.1) is 0 Å². The number of amides is 1. The van der Waals surface area contributed by atoms with Gasteiger partial charge in [0.25, 0.3) is 5.91 Å². The van der Waals surface area contributed by atoms with Gasteiger partial charge in [0.15, 0.2) is 5.82 Å². The number of H-pyrrole nitrogens is 1. The van der Waals surface area contributed by atoms with Crippen molar-refractivity contribution in [3.8, 4) is 11.4 Å². The number of rotatable bonds is 5. The highest BCUT2D eigenvalue weighted by Crippen LogP contribution is 2.34. The number of aromatic amines is 1. The van der Waals surface area contributed by atoms with Crippen molar-refractivity contribution in [1.82, 2.24) is 20.8 Å². The Balaban J connectivity index is 0.00000289. The topological polar surface area (TPSA) is 109 Å². The van der Waals surface area contributed by atoms with Crippen LogP contribution < -0.4 is 16.4 Å². The molecule has 4 rings (SSSR count). The molecule has 0 saturated carbocycles. The van der Waals surface area contributed by atoms with Crippen LogP contribution in [0.25, 0.3) is 11.4 Å². The molecule has 0 unspecified atom stereocenters. The number of carbonyl (C=O) groups excluding carboxylic acids is 1. The molecular weight excluding hydrogens is 479 g/mol. The number of nitrogens with one attached hydrogen (secondary N) is 3. The summed E-state index contributed by atoms with van der Waals surface area (Å²) in [6.07, 6.45) is 0.644. The molecule has 0 radical (unpaired) electrons. The van der Waals surface area contributed by atoms with Crippen LogP contribution in [0.4, 0.5) is 0 Å². The summed E-state index contributed by atoms with van der Waals surface area (Å²) in [5.41, 5.74) is 1.08. The molecule has 0 aliphatic carbocycles. The Kier molecular flexibility index (Phi) is 7.97. The number of halogens is 3. The van der Waals surface area contributed by atoms with E-state index in [0.717, 1.165) is 18.7 Å². The van der Waals surface area contributed by atoms with E-state index in [1.54, 1.807) is 36.4 Å². The van der Waals surface area contributed by atoms with Crippen LogP contribution in [-0.4, -0.2) is 42.3 Å². The smallest absolute Gasteiger partial charge is 0.367 e. The fourth-order valence-corrected chi connectivity index (χ4v) is 3.84. The molecule has 1 aliphatic rings. The van der Waals surface area contributed by atoms with Gasteiger partial charge in [-0.3, -0.25) is 14.3 Å². The molecule has 3 N–H and O–H groups in total. The zero-order chi connectivity index (χ0) is 21.8. The number of hydrogen-bond donors (Lipinski definition) is 3. The molecule has 1 amide bonds. The Bertz CT molecular complexity index is 1140. The first-order chi connectivity index (χ1) is 15.0. The molecule has 8 nitrogen and oxygen atoms in total. The van der Waals surface area contributed by atoms with Gasteiger partial charge in [-0.1, -0.05) is 46.6 Å². The van der Waals surface area contributed by atoms with E-state index < -0.39 is 11.4 Å². The van der Waals surface area contributed by atoms with Gasteiger partial charge in [-0.15, -0.1) is 12.4 Å². The van der Waals surface area contributed by atoms with Crippen molar-refractivity contribution in [1.29, 1.82) is 0 Å². The zero-order valence-corrected chi connectivity index (χ0v) is 19.1. The largest absolute Gasteiger partial charge is 0.439 e. The molecule has 1 aromatic heterocycles. The summed E-state index contributed by atoms with van der Waals surface area (Å²) in [6, 6.07) is 12.1. The van der Waals surface area contributed by atoms with Crippen LogP contribution in [0.3, 0.4) is 0 Å². The highest BCUT2D eigenvalue weighted by molar-refractivity contribution is 6.42. The van der Waals surface area contributed by atoms with E-state index in [0.29, 0.717) is 34.2 Å². The fourth-order valence-electron chi connectivity index (χ4n) is 3.54. The van der Waals surface area contributed by atoms with Crippen molar-refractivity contribution >= 4 is 41.5 Å². The van der Waals surface area contributed by atoms with Crippen molar-refractivity contribution in [2.45, 2.75) is 12.0 Å². The highest BCUT2D eigenvalue weighted by atomic mass is 35.5. The average Bonchev–Trinajstić information content (AvgIpc) is 3.07. The van der Waals surface area contributed by atoms with Gasteiger partial charge in [-0.25, -0.2) is 4.79 Å². The first kappa shape index (κ1) is 24.3. The van der Waals surface area contributed by atoms with Crippen molar-refractivity contribution < 1.29 is 14.1 Å². The van der Waals surface area contributed by atoms with Crippen LogP contribution in [0.1, 0.15) is 22.3 Å². The summed E-state index contributed by atoms with van der Waals surface area (Å²) in [5.74, 6) is -0.689. The van der Waals surface area contributed by atoms with Crippen molar-refractivity contribution in [3.05, 3.63) is 74.2 Å². The van der Waals surface area contributed by atoms with Gasteiger partial charge in [0.05, 0.1) is 23.2 Å². The standard InChI is InChI=1S/C21H20Cl2N4O4.ClH/c22-16-5-4-15(11-17(16)23)21(6-7-24-8-9-30-21)12-25-19(28)14-3-1-2-13(10-14)18-26-20(29)31-27-18;/h1-5,10-11,24H,6-9,12H2,(H,25,28)(H,26,27,29);1H/t21-;/m1./s1. The Labute approximate surface area is 200 Å². The van der Waals surface area contributed by atoms with Crippen molar-refractivity contribution in [3.63, 3.8) is 0 Å². The lowest BCUT2D eigenvalue weighted by atomic mass is 9.89. The first-order valence-corrected chi connectivity index (χ1v) is 10.5. The molecule has 2 aromatic carbocycles. The molecule has 2 heterocycles. The minimum atomic E-state index is -0.748. The maximum absolute atomic E-state index is 12.9. The van der Waals surface area contributed by atoms with Gasteiger partial charge in [-0.05, 0) is 42.8 Å². The third kappa shape index (κ3) is 5.33. The summed E-state index contributed by atoms with van der Waals surface area (Å²) >= 11 is 12.3. The summed E-state index contributed by atoms with van der Waals surface area (Å²) in [7, 11) is 0. The summed E-state index contributed by atoms with van der Waals surface area (Å²) in [4.78, 5) is 26.6. The molecule has 3 aromatic rings. The second-order valence-electron chi connectivity index (χ2n) is 7.18. The lowest BCUT2D eigenvalue weighted by Crippen LogP contribution is -2.43. The van der Waals surface area contributed by atoms with Gasteiger partial charge >= 0.3 is 5.76 Å². The zero-order valence-electron chi connectivity index (χ0n) is 16.8. The molecule has 1 atom stereocenters. The highest BCUT2D eigenvalue weighted by Gasteiger charge is 2.35. The van der Waals surface area contributed by atoms with Gasteiger partial charge < -0.3 is 15.4 Å². The van der Waals surface area contributed by atoms with Crippen LogP contribution >= 0.6 is 35.6 Å². The van der Waals surface area contributed by atoms with Crippen LogP contribution in [0.2, 0.25) is 10.0 Å². The fraction of sp³-hybridized carbons (Fsp3) is 0.286. The molecule has 1 fully saturated rings. The molecule has 0 spiro atoms. The van der Waals surface area contributed by atoms with Crippen LogP contribution in [-0.2, 0) is 10.3 Å². The Hall–Kier alpha value is -2.36. The molecule has 1 aliphatic heterocycles. The molecule has 1 saturated heterocycles. The number of carbonyl (C=O) groups is 1. The maximum Gasteiger partial charge on any atom is 0.439 e. The lowest BCUT2D eigenvalue weighted by molar-refractivity contribution is -0.0405. The third-order valence-corrected chi connectivity index (χ3v) is 5.92. The van der Waals surface area contributed by atoms with Gasteiger partial charge in [0.1, 0.15) is 5.60 Å². The van der Waals surface area contributed by atoms with Gasteiger partial charge in [0.2, 0.25) is 0 Å². The number of ether oxygens (including phenoxy) is 1. The molecular formula is C21H21Cl3N4O4. The Morgan fingerprint density at radius 3 is 2.75 bits per heavy atom. The minimum absolute atomic E-state index is 0. The molecule has 170 valence electrons. The SMILES string of the molecule is Cl.O=C(NC[C@@]1(c2ccc(Cl)c(Cl)c2)CCNCCO1)c1cccc(-c2noc(=O)[nH]2)c1. The minimum Gasteiger partial charge on any atom is -0.367 e. The van der Waals surface area contributed by atoms with E-state index in [9.17, 15) is 9.59 Å². The predicted octanol–water partition coefficient (Wildman–Crippen LogP) is 3.39. The van der Waals surface area contributed by atoms with Gasteiger partial charge in [-0.2, -0.15) is 0 Å². The van der Waals surface area contributed by atoms with Crippen LogP contribution in [0.15, 0.2) is 51.8 Å². The predicted molar refractivity (Wildman–Crippen MR) is 124 cm³/mol. The van der Waals surface area contributed by atoms with E-state index >= 15 is 0 Å². The van der Waals surface area contributed by atoms with Crippen LogP contribution in [0.5, 0.6) is 0 Å².